The van der Waals surface area contributed by atoms with Gasteiger partial charge in [0.25, 0.3) is 0 Å². The Labute approximate surface area is 115 Å². The largest absolute Gasteiger partial charge is 0.497 e. The number of carbonyl (C=O) groups is 1. The van der Waals surface area contributed by atoms with Crippen molar-refractivity contribution in [3.05, 3.63) is 29.8 Å². The Bertz CT molecular complexity index is 391. The van der Waals surface area contributed by atoms with E-state index in [4.69, 9.17) is 4.74 Å². The smallest absolute Gasteiger partial charge is 0.221 e. The first kappa shape index (κ1) is 15.5. The molecule has 1 aromatic carbocycles. The van der Waals surface area contributed by atoms with Gasteiger partial charge in [-0.2, -0.15) is 0 Å². The zero-order valence-corrected chi connectivity index (χ0v) is 12.0. The monoisotopic (exact) mass is 264 g/mol. The fraction of sp³-hybridized carbons (Fsp3) is 0.533. The molecule has 1 rings (SSSR count). The summed E-state index contributed by atoms with van der Waals surface area (Å²) in [6, 6.07) is 8.25. The first-order valence-electron chi connectivity index (χ1n) is 6.75. The van der Waals surface area contributed by atoms with Gasteiger partial charge in [0, 0.05) is 19.0 Å². The fourth-order valence-corrected chi connectivity index (χ4v) is 1.78. The van der Waals surface area contributed by atoms with Crippen LogP contribution >= 0.6 is 0 Å². The second-order valence-corrected chi connectivity index (χ2v) is 4.82. The summed E-state index contributed by atoms with van der Waals surface area (Å²) in [6.07, 6.45) is 1.46. The lowest BCUT2D eigenvalue weighted by Gasteiger charge is -2.09. The Balaban J connectivity index is 2.15. The third kappa shape index (κ3) is 6.82. The summed E-state index contributed by atoms with van der Waals surface area (Å²) in [4.78, 5) is 11.4. The van der Waals surface area contributed by atoms with E-state index < -0.39 is 0 Å². The Morgan fingerprint density at radius 3 is 2.79 bits per heavy atom. The van der Waals surface area contributed by atoms with Crippen molar-refractivity contribution >= 4 is 5.91 Å². The van der Waals surface area contributed by atoms with Gasteiger partial charge in [-0.25, -0.2) is 0 Å². The lowest BCUT2D eigenvalue weighted by molar-refractivity contribution is -0.121. The number of hydrogen-bond acceptors (Lipinski definition) is 3. The highest BCUT2D eigenvalue weighted by Crippen LogP contribution is 2.12. The molecule has 0 heterocycles. The maximum atomic E-state index is 11.4. The normalized spacial score (nSPS) is 10.5. The number of hydrogen-bond donors (Lipinski definition) is 2. The Morgan fingerprint density at radius 2 is 2.11 bits per heavy atom. The first-order valence-corrected chi connectivity index (χ1v) is 6.75. The molecule has 0 fully saturated rings. The number of methoxy groups -OCH3 is 1. The molecule has 19 heavy (non-hydrogen) atoms. The van der Waals surface area contributed by atoms with Crippen molar-refractivity contribution in [3.8, 4) is 5.75 Å². The van der Waals surface area contributed by atoms with Gasteiger partial charge in [0.2, 0.25) is 5.91 Å². The van der Waals surface area contributed by atoms with Crippen LogP contribution in [0.15, 0.2) is 24.3 Å². The molecule has 0 aromatic heterocycles. The molecular weight excluding hydrogens is 240 g/mol. The third-order valence-corrected chi connectivity index (χ3v) is 2.70. The summed E-state index contributed by atoms with van der Waals surface area (Å²) >= 11 is 0. The molecule has 1 amide bonds. The van der Waals surface area contributed by atoms with Gasteiger partial charge in [0.1, 0.15) is 5.75 Å². The van der Waals surface area contributed by atoms with Crippen molar-refractivity contribution in [2.75, 3.05) is 20.2 Å². The molecule has 2 N–H and O–H groups in total. The van der Waals surface area contributed by atoms with Crippen LogP contribution in [0.5, 0.6) is 5.75 Å². The van der Waals surface area contributed by atoms with E-state index in [2.05, 4.69) is 16.7 Å². The standard InChI is InChI=1S/C15H24N2O2/c1-12(2)17-15(18)8-10-16-9-7-13-5-4-6-14(11-13)19-3/h4-6,11-12,16H,7-10H2,1-3H3,(H,17,18). The molecule has 4 heteroatoms. The van der Waals surface area contributed by atoms with Gasteiger partial charge in [-0.1, -0.05) is 12.1 Å². The molecule has 0 bridgehead atoms. The zero-order valence-electron chi connectivity index (χ0n) is 12.0. The van der Waals surface area contributed by atoms with Crippen LogP contribution in [-0.2, 0) is 11.2 Å². The van der Waals surface area contributed by atoms with E-state index in [0.29, 0.717) is 13.0 Å². The topological polar surface area (TPSA) is 50.4 Å². The van der Waals surface area contributed by atoms with E-state index in [9.17, 15) is 4.79 Å². The van der Waals surface area contributed by atoms with E-state index in [1.807, 2.05) is 32.0 Å². The summed E-state index contributed by atoms with van der Waals surface area (Å²) in [5.41, 5.74) is 1.23. The quantitative estimate of drug-likeness (QED) is 0.703. The number of carbonyl (C=O) groups excluding carboxylic acids is 1. The van der Waals surface area contributed by atoms with E-state index in [1.54, 1.807) is 7.11 Å². The second-order valence-electron chi connectivity index (χ2n) is 4.82. The summed E-state index contributed by atoms with van der Waals surface area (Å²) in [6.45, 7) is 5.51. The van der Waals surface area contributed by atoms with Gasteiger partial charge in [-0.3, -0.25) is 4.79 Å². The minimum atomic E-state index is 0.101. The first-order chi connectivity index (χ1) is 9.11. The van der Waals surface area contributed by atoms with Crippen molar-refractivity contribution in [2.24, 2.45) is 0 Å². The van der Waals surface area contributed by atoms with Gasteiger partial charge in [-0.15, -0.1) is 0 Å². The molecule has 106 valence electrons. The molecule has 0 aliphatic rings. The molecule has 0 aliphatic heterocycles. The van der Waals surface area contributed by atoms with Gasteiger partial charge >= 0.3 is 0 Å². The average molecular weight is 264 g/mol. The van der Waals surface area contributed by atoms with E-state index in [1.165, 1.54) is 5.56 Å². The highest BCUT2D eigenvalue weighted by Gasteiger charge is 2.02. The maximum absolute atomic E-state index is 11.4. The number of amides is 1. The van der Waals surface area contributed by atoms with Crippen molar-refractivity contribution in [2.45, 2.75) is 32.7 Å². The lowest BCUT2D eigenvalue weighted by atomic mass is 10.1. The number of nitrogens with one attached hydrogen (secondary N) is 2. The number of rotatable bonds is 8. The molecule has 0 spiro atoms. The lowest BCUT2D eigenvalue weighted by Crippen LogP contribution is -2.32. The molecular formula is C15H24N2O2. The minimum absolute atomic E-state index is 0.101. The Kier molecular flexibility index (Phi) is 6.97. The van der Waals surface area contributed by atoms with Crippen molar-refractivity contribution in [1.82, 2.24) is 10.6 Å². The van der Waals surface area contributed by atoms with E-state index in [0.717, 1.165) is 18.7 Å². The molecule has 4 nitrogen and oxygen atoms in total. The third-order valence-electron chi connectivity index (χ3n) is 2.70. The molecule has 0 aliphatic carbocycles. The van der Waals surface area contributed by atoms with Crippen LogP contribution in [0.1, 0.15) is 25.8 Å². The summed E-state index contributed by atoms with van der Waals surface area (Å²) in [5, 5.41) is 6.14. The predicted molar refractivity (Wildman–Crippen MR) is 77.5 cm³/mol. The van der Waals surface area contributed by atoms with Crippen molar-refractivity contribution in [3.63, 3.8) is 0 Å². The van der Waals surface area contributed by atoms with Crippen LogP contribution in [0.4, 0.5) is 0 Å². The summed E-state index contributed by atoms with van der Waals surface area (Å²) in [7, 11) is 1.67. The Morgan fingerprint density at radius 1 is 1.32 bits per heavy atom. The van der Waals surface area contributed by atoms with Crippen LogP contribution in [0.2, 0.25) is 0 Å². The molecule has 0 radical (unpaired) electrons. The maximum Gasteiger partial charge on any atom is 0.221 e. The summed E-state index contributed by atoms with van der Waals surface area (Å²) < 4.78 is 5.18. The van der Waals surface area contributed by atoms with Gasteiger partial charge in [0.05, 0.1) is 7.11 Å². The van der Waals surface area contributed by atoms with Crippen molar-refractivity contribution < 1.29 is 9.53 Å². The predicted octanol–water partition coefficient (Wildman–Crippen LogP) is 1.74. The highest BCUT2D eigenvalue weighted by atomic mass is 16.5. The van der Waals surface area contributed by atoms with Gasteiger partial charge in [-0.05, 0) is 44.5 Å². The number of ether oxygens (including phenoxy) is 1. The SMILES string of the molecule is COc1cccc(CCNCCC(=O)NC(C)C)c1. The zero-order chi connectivity index (χ0) is 14.1. The van der Waals surface area contributed by atoms with Crippen LogP contribution < -0.4 is 15.4 Å². The molecule has 0 atom stereocenters. The van der Waals surface area contributed by atoms with Crippen molar-refractivity contribution in [1.29, 1.82) is 0 Å². The van der Waals surface area contributed by atoms with Crippen LogP contribution in [0, 0.1) is 0 Å². The second kappa shape index (κ2) is 8.53. The minimum Gasteiger partial charge on any atom is -0.497 e. The number of benzene rings is 1. The van der Waals surface area contributed by atoms with Crippen LogP contribution in [-0.4, -0.2) is 32.1 Å². The Hall–Kier alpha value is -1.55. The fourth-order valence-electron chi connectivity index (χ4n) is 1.78. The molecule has 1 aromatic rings. The van der Waals surface area contributed by atoms with Crippen LogP contribution in [0.25, 0.3) is 0 Å². The average Bonchev–Trinajstić information content (AvgIpc) is 2.37. The van der Waals surface area contributed by atoms with E-state index in [-0.39, 0.29) is 11.9 Å². The van der Waals surface area contributed by atoms with Gasteiger partial charge in [0.15, 0.2) is 0 Å². The molecule has 0 saturated carbocycles. The molecule has 0 unspecified atom stereocenters. The summed E-state index contributed by atoms with van der Waals surface area (Å²) in [5.74, 6) is 0.984. The van der Waals surface area contributed by atoms with Crippen LogP contribution in [0.3, 0.4) is 0 Å². The molecule has 0 saturated heterocycles. The van der Waals surface area contributed by atoms with Gasteiger partial charge < -0.3 is 15.4 Å². The highest BCUT2D eigenvalue weighted by molar-refractivity contribution is 5.76. The van der Waals surface area contributed by atoms with E-state index >= 15 is 0 Å².